The van der Waals surface area contributed by atoms with Crippen LogP contribution in [0.1, 0.15) is 30.9 Å². The summed E-state index contributed by atoms with van der Waals surface area (Å²) in [6, 6.07) is 12.4. The number of allylic oxidation sites excluding steroid dienone is 1. The number of nitrogens with zero attached hydrogens (tertiary/aromatic N) is 1. The average molecular weight is 567 g/mol. The van der Waals surface area contributed by atoms with Gasteiger partial charge in [-0.05, 0) is 55.2 Å². The number of hydrogen-bond donors (Lipinski definition) is 1. The van der Waals surface area contributed by atoms with Crippen LogP contribution in [0, 0.1) is 0 Å². The number of fused-ring (bicyclic) bond motifs is 1. The Morgan fingerprint density at radius 1 is 1.15 bits per heavy atom. The van der Waals surface area contributed by atoms with Crippen molar-refractivity contribution in [1.29, 1.82) is 0 Å². The Kier molecular flexibility index (Phi) is 9.31. The maximum atomic E-state index is 12.7. The highest BCUT2D eigenvalue weighted by Gasteiger charge is 2.32. The van der Waals surface area contributed by atoms with Crippen molar-refractivity contribution in [3.05, 3.63) is 68.8 Å². The quantitative estimate of drug-likeness (QED) is 0.234. The van der Waals surface area contributed by atoms with Crippen LogP contribution in [-0.2, 0) is 32.1 Å². The molecule has 1 atom stereocenters. The summed E-state index contributed by atoms with van der Waals surface area (Å²) in [7, 11) is 1.57. The molecule has 0 radical (unpaired) electrons. The number of alkyl halides is 3. The molecule has 3 aromatic rings. The number of aromatic nitrogens is 1. The smallest absolute Gasteiger partial charge is 0.411 e. The molecule has 0 bridgehead atoms. The first-order valence-corrected chi connectivity index (χ1v) is 13.2. The molecule has 12 heteroatoms. The standard InChI is InChI=1S/C27H29F3N2O6S/c1-3-36-25(33)22(38-16-27(28,29)30)14-17-4-9-20(10-5-17)37-13-12-32-21-11-8-19(15-23(21)39-26(32)34)24(31-35-2)18-6-7-18/h4-5,8-11,15,22,31H,3,6-7,12-14,16H2,1-2H3. The number of hydroxylamine groups is 1. The molecule has 4 rings (SSSR count). The number of esters is 1. The molecule has 39 heavy (non-hydrogen) atoms. The predicted octanol–water partition coefficient (Wildman–Crippen LogP) is 4.85. The minimum absolute atomic E-state index is 0.0329. The normalized spacial score (nSPS) is 13.8. The fraction of sp³-hybridized carbons (Fsp3) is 0.407. The Balaban J connectivity index is 1.36. The lowest BCUT2D eigenvalue weighted by Crippen LogP contribution is -2.32. The second-order valence-corrected chi connectivity index (χ2v) is 9.84. The Morgan fingerprint density at radius 2 is 1.90 bits per heavy atom. The fourth-order valence-corrected chi connectivity index (χ4v) is 4.97. The van der Waals surface area contributed by atoms with Crippen molar-refractivity contribution in [3.8, 4) is 5.75 Å². The lowest BCUT2D eigenvalue weighted by Gasteiger charge is -2.18. The van der Waals surface area contributed by atoms with Crippen molar-refractivity contribution in [2.45, 2.75) is 45.0 Å². The van der Waals surface area contributed by atoms with E-state index in [2.05, 4.69) is 5.48 Å². The summed E-state index contributed by atoms with van der Waals surface area (Å²) in [5, 5.41) is 0. The van der Waals surface area contributed by atoms with Gasteiger partial charge in [-0.3, -0.25) is 19.7 Å². The third kappa shape index (κ3) is 7.84. The second-order valence-electron chi connectivity index (χ2n) is 8.85. The Hall–Kier alpha value is -3.35. The van der Waals surface area contributed by atoms with Gasteiger partial charge in [0.25, 0.3) is 0 Å². The molecule has 1 fully saturated rings. The van der Waals surface area contributed by atoms with Crippen LogP contribution in [0.2, 0.25) is 0 Å². The van der Waals surface area contributed by atoms with Crippen LogP contribution in [0.15, 0.2) is 52.8 Å². The van der Waals surface area contributed by atoms with E-state index in [1.807, 2.05) is 18.2 Å². The molecule has 1 unspecified atom stereocenters. The number of rotatable bonds is 13. The van der Waals surface area contributed by atoms with Gasteiger partial charge in [0.15, 0.2) is 6.10 Å². The van der Waals surface area contributed by atoms with E-state index in [1.54, 1.807) is 42.9 Å². The van der Waals surface area contributed by atoms with Gasteiger partial charge >= 0.3 is 17.0 Å². The summed E-state index contributed by atoms with van der Waals surface area (Å²) in [6.45, 7) is 0.621. The summed E-state index contributed by atoms with van der Waals surface area (Å²) < 4.78 is 55.7. The highest BCUT2D eigenvalue weighted by Crippen LogP contribution is 2.36. The van der Waals surface area contributed by atoms with E-state index in [0.29, 0.717) is 17.9 Å². The second kappa shape index (κ2) is 12.7. The molecule has 1 aliphatic rings. The first kappa shape index (κ1) is 28.7. The highest BCUT2D eigenvalue weighted by atomic mass is 32.1. The fourth-order valence-electron chi connectivity index (χ4n) is 4.01. The van der Waals surface area contributed by atoms with E-state index in [1.165, 1.54) is 16.9 Å². The van der Waals surface area contributed by atoms with Gasteiger partial charge in [-0.25, -0.2) is 4.79 Å². The average Bonchev–Trinajstić information content (AvgIpc) is 3.68. The molecule has 210 valence electrons. The van der Waals surface area contributed by atoms with Gasteiger partial charge in [-0.2, -0.15) is 13.2 Å². The highest BCUT2D eigenvalue weighted by molar-refractivity contribution is 7.16. The zero-order valence-corrected chi connectivity index (χ0v) is 22.3. The Labute approximate surface area is 226 Å². The van der Waals surface area contributed by atoms with E-state index in [0.717, 1.165) is 34.3 Å². The van der Waals surface area contributed by atoms with Gasteiger partial charge in [-0.1, -0.05) is 29.5 Å². The zero-order valence-electron chi connectivity index (χ0n) is 21.5. The summed E-state index contributed by atoms with van der Waals surface area (Å²) in [5.41, 5.74) is 7.54. The van der Waals surface area contributed by atoms with Crippen molar-refractivity contribution in [3.63, 3.8) is 0 Å². The summed E-state index contributed by atoms with van der Waals surface area (Å²) in [6.07, 6.45) is -3.96. The number of carbonyl (C=O) groups is 1. The van der Waals surface area contributed by atoms with E-state index in [-0.39, 0.29) is 24.5 Å². The van der Waals surface area contributed by atoms with Gasteiger partial charge in [0.05, 0.1) is 36.2 Å². The topological polar surface area (TPSA) is 88.0 Å². The third-order valence-corrected chi connectivity index (χ3v) is 6.88. The van der Waals surface area contributed by atoms with E-state index in [4.69, 9.17) is 19.0 Å². The van der Waals surface area contributed by atoms with Gasteiger partial charge < -0.3 is 14.2 Å². The zero-order chi connectivity index (χ0) is 28.0. The first-order valence-electron chi connectivity index (χ1n) is 12.4. The molecular formula is C27H29F3N2O6S. The van der Waals surface area contributed by atoms with Crippen molar-refractivity contribution >= 4 is 33.2 Å². The van der Waals surface area contributed by atoms with E-state index < -0.39 is 24.9 Å². The van der Waals surface area contributed by atoms with Crippen molar-refractivity contribution in [1.82, 2.24) is 10.0 Å². The number of carbonyl (C=O) groups excluding carboxylic acids is 1. The van der Waals surface area contributed by atoms with Crippen LogP contribution in [0.3, 0.4) is 0 Å². The van der Waals surface area contributed by atoms with Crippen LogP contribution in [0.4, 0.5) is 13.2 Å². The molecular weight excluding hydrogens is 537 g/mol. The minimum atomic E-state index is -4.56. The molecule has 1 aliphatic carbocycles. The molecule has 1 heterocycles. The van der Waals surface area contributed by atoms with E-state index in [9.17, 15) is 22.8 Å². The van der Waals surface area contributed by atoms with Gasteiger partial charge in [-0.15, -0.1) is 0 Å². The third-order valence-electron chi connectivity index (χ3n) is 5.94. The summed E-state index contributed by atoms with van der Waals surface area (Å²) in [4.78, 5) is 29.7. The monoisotopic (exact) mass is 566 g/mol. The molecule has 0 amide bonds. The first-order chi connectivity index (χ1) is 18.7. The lowest BCUT2D eigenvalue weighted by atomic mass is 10.1. The maximum absolute atomic E-state index is 12.7. The summed E-state index contributed by atoms with van der Waals surface area (Å²) >= 11 is 1.17. The number of halogens is 3. The molecule has 8 nitrogen and oxygen atoms in total. The number of thiazole rings is 1. The Morgan fingerprint density at radius 3 is 2.54 bits per heavy atom. The maximum Gasteiger partial charge on any atom is 0.411 e. The van der Waals surface area contributed by atoms with Crippen molar-refractivity contribution < 1.29 is 37.0 Å². The minimum Gasteiger partial charge on any atom is -0.492 e. The number of ether oxygens (including phenoxy) is 3. The van der Waals surface area contributed by atoms with Gasteiger partial charge in [0.2, 0.25) is 0 Å². The van der Waals surface area contributed by atoms with Crippen molar-refractivity contribution in [2.75, 3.05) is 26.9 Å². The molecule has 0 saturated heterocycles. The SMILES string of the molecule is CCOC(=O)C(Cc1ccc(OCCn2c(=O)sc3cc(C(NOC)=C4CC4)ccc32)cc1)OCC(F)(F)F. The van der Waals surface area contributed by atoms with E-state index >= 15 is 0 Å². The largest absolute Gasteiger partial charge is 0.492 e. The van der Waals surface area contributed by atoms with Crippen LogP contribution in [0.25, 0.3) is 15.9 Å². The van der Waals surface area contributed by atoms with Crippen LogP contribution >= 0.6 is 11.3 Å². The molecule has 1 saturated carbocycles. The van der Waals surface area contributed by atoms with Crippen molar-refractivity contribution in [2.24, 2.45) is 0 Å². The molecule has 0 aliphatic heterocycles. The predicted molar refractivity (Wildman–Crippen MR) is 140 cm³/mol. The lowest BCUT2D eigenvalue weighted by molar-refractivity contribution is -0.194. The van der Waals surface area contributed by atoms with Gasteiger partial charge in [0, 0.05) is 12.0 Å². The molecule has 2 aromatic carbocycles. The number of nitrogens with one attached hydrogen (secondary N) is 1. The van der Waals surface area contributed by atoms with Gasteiger partial charge in [0.1, 0.15) is 19.0 Å². The molecule has 0 spiro atoms. The molecule has 1 N–H and O–H groups in total. The number of benzene rings is 2. The summed E-state index contributed by atoms with van der Waals surface area (Å²) in [5.74, 6) is -0.332. The Bertz CT molecular complexity index is 1370. The molecule has 1 aromatic heterocycles. The van der Waals surface area contributed by atoms with Crippen LogP contribution in [-0.4, -0.2) is 49.7 Å². The van der Waals surface area contributed by atoms with Crippen LogP contribution < -0.4 is 15.1 Å². The van der Waals surface area contributed by atoms with Crippen LogP contribution in [0.5, 0.6) is 5.75 Å². The number of hydrogen-bond acceptors (Lipinski definition) is 8.